The highest BCUT2D eigenvalue weighted by Crippen LogP contribution is 2.24. The molecular formula is C14H18N2O3. The Morgan fingerprint density at radius 1 is 1.37 bits per heavy atom. The van der Waals surface area contributed by atoms with Gasteiger partial charge >= 0.3 is 5.97 Å². The van der Waals surface area contributed by atoms with E-state index in [2.05, 4.69) is 10.3 Å². The van der Waals surface area contributed by atoms with Crippen molar-refractivity contribution in [3.05, 3.63) is 23.3 Å². The minimum atomic E-state index is -0.912. The molecule has 5 nitrogen and oxygen atoms in total. The second-order valence-corrected chi connectivity index (χ2v) is 5.15. The summed E-state index contributed by atoms with van der Waals surface area (Å²) in [4.78, 5) is 15.4. The van der Waals surface area contributed by atoms with Crippen molar-refractivity contribution in [1.29, 1.82) is 0 Å². The van der Waals surface area contributed by atoms with Crippen LogP contribution in [-0.2, 0) is 4.79 Å². The highest BCUT2D eigenvalue weighted by Gasteiger charge is 2.23. The van der Waals surface area contributed by atoms with Crippen LogP contribution in [0.4, 0.5) is 6.01 Å². The largest absolute Gasteiger partial charge is 0.480 e. The number of aryl methyl sites for hydroxylation is 2. The zero-order valence-corrected chi connectivity index (χ0v) is 11.5. The first kappa shape index (κ1) is 13.4. The summed E-state index contributed by atoms with van der Waals surface area (Å²) in [7, 11) is 0. The van der Waals surface area contributed by atoms with Crippen molar-refractivity contribution in [3.8, 4) is 0 Å². The van der Waals surface area contributed by atoms with Crippen LogP contribution in [0.25, 0.3) is 11.1 Å². The van der Waals surface area contributed by atoms with Gasteiger partial charge in [-0.15, -0.1) is 0 Å². The molecule has 0 radical (unpaired) electrons. The average Bonchev–Trinajstić information content (AvgIpc) is 2.67. The van der Waals surface area contributed by atoms with Crippen LogP contribution in [0, 0.1) is 19.8 Å². The molecule has 2 rings (SSSR count). The minimum Gasteiger partial charge on any atom is -0.480 e. The van der Waals surface area contributed by atoms with E-state index in [1.165, 1.54) is 0 Å². The number of rotatable bonds is 4. The van der Waals surface area contributed by atoms with Gasteiger partial charge in [-0.2, -0.15) is 4.98 Å². The monoisotopic (exact) mass is 262 g/mol. The molecule has 0 aliphatic heterocycles. The number of fused-ring (bicyclic) bond motifs is 1. The molecule has 0 aliphatic carbocycles. The van der Waals surface area contributed by atoms with Gasteiger partial charge in [0.1, 0.15) is 11.6 Å². The Bertz CT molecular complexity index is 616. The Balaban J connectivity index is 2.36. The lowest BCUT2D eigenvalue weighted by atomic mass is 10.1. The molecule has 0 saturated carbocycles. The van der Waals surface area contributed by atoms with Crippen molar-refractivity contribution in [2.75, 3.05) is 5.32 Å². The molecule has 0 fully saturated rings. The van der Waals surface area contributed by atoms with Crippen molar-refractivity contribution in [2.45, 2.75) is 33.7 Å². The molecule has 0 amide bonds. The molecule has 1 aromatic carbocycles. The smallest absolute Gasteiger partial charge is 0.326 e. The molecule has 0 aliphatic rings. The lowest BCUT2D eigenvalue weighted by Crippen LogP contribution is -2.34. The molecule has 1 heterocycles. The van der Waals surface area contributed by atoms with Crippen LogP contribution in [0.2, 0.25) is 0 Å². The Labute approximate surface area is 111 Å². The summed E-state index contributed by atoms with van der Waals surface area (Å²) in [5, 5.41) is 12.0. The lowest BCUT2D eigenvalue weighted by molar-refractivity contribution is -0.138. The van der Waals surface area contributed by atoms with E-state index in [0.717, 1.165) is 16.6 Å². The maximum absolute atomic E-state index is 11.1. The topological polar surface area (TPSA) is 75.4 Å². The number of hydrogen-bond acceptors (Lipinski definition) is 4. The second kappa shape index (κ2) is 4.91. The van der Waals surface area contributed by atoms with Gasteiger partial charge in [0.05, 0.1) is 0 Å². The van der Waals surface area contributed by atoms with Crippen molar-refractivity contribution in [1.82, 2.24) is 4.98 Å². The van der Waals surface area contributed by atoms with Gasteiger partial charge in [-0.1, -0.05) is 19.9 Å². The Morgan fingerprint density at radius 3 is 2.63 bits per heavy atom. The van der Waals surface area contributed by atoms with E-state index >= 15 is 0 Å². The molecule has 5 heteroatoms. The van der Waals surface area contributed by atoms with Crippen LogP contribution in [0.3, 0.4) is 0 Å². The van der Waals surface area contributed by atoms with Gasteiger partial charge in [0.15, 0.2) is 5.58 Å². The number of carboxylic acid groups (broad SMARTS) is 1. The summed E-state index contributed by atoms with van der Waals surface area (Å²) >= 11 is 0. The number of nitrogens with zero attached hydrogens (tertiary/aromatic N) is 1. The molecular weight excluding hydrogens is 244 g/mol. The van der Waals surface area contributed by atoms with Crippen molar-refractivity contribution in [2.24, 2.45) is 5.92 Å². The van der Waals surface area contributed by atoms with E-state index in [1.807, 2.05) is 39.8 Å². The number of oxazole rings is 1. The zero-order chi connectivity index (χ0) is 14.2. The number of anilines is 1. The number of hydrogen-bond donors (Lipinski definition) is 2. The molecule has 1 atom stereocenters. The summed E-state index contributed by atoms with van der Waals surface area (Å²) in [5.74, 6) is -0.972. The van der Waals surface area contributed by atoms with Gasteiger partial charge in [-0.05, 0) is 37.0 Å². The predicted octanol–water partition coefficient (Wildman–Crippen LogP) is 2.97. The van der Waals surface area contributed by atoms with Crippen molar-refractivity contribution in [3.63, 3.8) is 0 Å². The third kappa shape index (κ3) is 2.70. The molecule has 0 unspecified atom stereocenters. The van der Waals surface area contributed by atoms with Gasteiger partial charge < -0.3 is 14.8 Å². The van der Waals surface area contributed by atoms with Crippen LogP contribution in [0.15, 0.2) is 16.5 Å². The highest BCUT2D eigenvalue weighted by molar-refractivity contribution is 5.80. The van der Waals surface area contributed by atoms with Crippen molar-refractivity contribution < 1.29 is 14.3 Å². The quantitative estimate of drug-likeness (QED) is 0.886. The molecule has 2 aromatic rings. The molecule has 2 N–H and O–H groups in total. The number of aliphatic carboxylic acids is 1. The molecule has 0 spiro atoms. The zero-order valence-electron chi connectivity index (χ0n) is 11.5. The summed E-state index contributed by atoms with van der Waals surface area (Å²) in [5.41, 5.74) is 3.53. The van der Waals surface area contributed by atoms with E-state index in [4.69, 9.17) is 9.52 Å². The maximum atomic E-state index is 11.1. The number of carboxylic acids is 1. The van der Waals surface area contributed by atoms with Crippen LogP contribution >= 0.6 is 0 Å². The van der Waals surface area contributed by atoms with Gasteiger partial charge in [0.2, 0.25) is 0 Å². The van der Waals surface area contributed by atoms with Crippen LogP contribution < -0.4 is 5.32 Å². The van der Waals surface area contributed by atoms with E-state index < -0.39 is 12.0 Å². The maximum Gasteiger partial charge on any atom is 0.326 e. The van der Waals surface area contributed by atoms with E-state index in [0.29, 0.717) is 5.58 Å². The standard InChI is InChI=1S/C14H18N2O3/c1-7(2)11(13(17)18)16-14-15-10-6-8(3)5-9(4)12(10)19-14/h5-7,11H,1-4H3,(H,15,16)(H,17,18)/t11-/m0/s1. The lowest BCUT2D eigenvalue weighted by Gasteiger charge is -2.15. The summed E-state index contributed by atoms with van der Waals surface area (Å²) in [6.07, 6.45) is 0. The van der Waals surface area contributed by atoms with Crippen LogP contribution in [0.1, 0.15) is 25.0 Å². The molecule has 102 valence electrons. The van der Waals surface area contributed by atoms with Crippen LogP contribution in [0.5, 0.6) is 0 Å². The fourth-order valence-electron chi connectivity index (χ4n) is 2.08. The van der Waals surface area contributed by atoms with E-state index in [-0.39, 0.29) is 11.9 Å². The first-order valence-corrected chi connectivity index (χ1v) is 6.25. The molecule has 1 aromatic heterocycles. The molecule has 0 saturated heterocycles. The third-order valence-corrected chi connectivity index (χ3v) is 3.03. The summed E-state index contributed by atoms with van der Waals surface area (Å²) in [6.45, 7) is 7.61. The normalized spacial score (nSPS) is 12.9. The molecule has 0 bridgehead atoms. The van der Waals surface area contributed by atoms with Gasteiger partial charge in [0, 0.05) is 0 Å². The highest BCUT2D eigenvalue weighted by atomic mass is 16.4. The van der Waals surface area contributed by atoms with Gasteiger partial charge in [0.25, 0.3) is 6.01 Å². The fourth-order valence-corrected chi connectivity index (χ4v) is 2.08. The average molecular weight is 262 g/mol. The number of nitrogens with one attached hydrogen (secondary N) is 1. The third-order valence-electron chi connectivity index (χ3n) is 3.03. The molecule has 19 heavy (non-hydrogen) atoms. The number of carbonyl (C=O) groups is 1. The van der Waals surface area contributed by atoms with Crippen molar-refractivity contribution >= 4 is 23.1 Å². The second-order valence-electron chi connectivity index (χ2n) is 5.15. The Kier molecular flexibility index (Phi) is 3.46. The fraction of sp³-hybridized carbons (Fsp3) is 0.429. The summed E-state index contributed by atoms with van der Waals surface area (Å²) < 4.78 is 5.60. The van der Waals surface area contributed by atoms with Gasteiger partial charge in [-0.3, -0.25) is 0 Å². The Hall–Kier alpha value is -2.04. The number of aromatic nitrogens is 1. The predicted molar refractivity (Wildman–Crippen MR) is 73.4 cm³/mol. The summed E-state index contributed by atoms with van der Waals surface area (Å²) in [6, 6.07) is 3.47. The Morgan fingerprint density at radius 2 is 2.05 bits per heavy atom. The van der Waals surface area contributed by atoms with Gasteiger partial charge in [-0.25, -0.2) is 4.79 Å². The van der Waals surface area contributed by atoms with E-state index in [9.17, 15) is 4.79 Å². The minimum absolute atomic E-state index is 0.0599. The van der Waals surface area contributed by atoms with E-state index in [1.54, 1.807) is 0 Å². The first-order chi connectivity index (χ1) is 8.88. The first-order valence-electron chi connectivity index (χ1n) is 6.25. The number of benzene rings is 1. The van der Waals surface area contributed by atoms with Crippen LogP contribution in [-0.4, -0.2) is 22.1 Å². The SMILES string of the molecule is Cc1cc(C)c2oc(N[C@H](C(=O)O)C(C)C)nc2c1.